The van der Waals surface area contributed by atoms with Crippen molar-refractivity contribution in [2.75, 3.05) is 0 Å². The molecule has 0 N–H and O–H groups in total. The summed E-state index contributed by atoms with van der Waals surface area (Å²) < 4.78 is 0. The van der Waals surface area contributed by atoms with Crippen LogP contribution in [0.3, 0.4) is 0 Å². The second-order valence-electron chi connectivity index (χ2n) is 2.85. The summed E-state index contributed by atoms with van der Waals surface area (Å²) in [5.74, 6) is 0. The third-order valence-electron chi connectivity index (χ3n) is 1.76. The van der Waals surface area contributed by atoms with E-state index in [1.807, 2.05) is 6.08 Å². The van der Waals surface area contributed by atoms with E-state index in [-0.39, 0.29) is 51.0 Å². The molecule has 0 unspecified atom stereocenters. The largest absolute Gasteiger partial charge is 2.00 e. The normalized spacial score (nSPS) is 8.38. The van der Waals surface area contributed by atoms with Crippen LogP contribution in [0.1, 0.15) is 32.1 Å². The summed E-state index contributed by atoms with van der Waals surface area (Å²) in [5.41, 5.74) is 0. The Morgan fingerprint density at radius 1 is 1.08 bits per heavy atom. The summed E-state index contributed by atoms with van der Waals surface area (Å²) in [6, 6.07) is 1.55. The van der Waals surface area contributed by atoms with Gasteiger partial charge in [0.05, 0.1) is 0 Å². The van der Waals surface area contributed by atoms with E-state index in [1.165, 1.54) is 32.1 Å². The van der Waals surface area contributed by atoms with Gasteiger partial charge in [0.25, 0.3) is 0 Å². The standard InChI is InChI=1S/C9H20Si.2ClH.Zr/c1-3-4-5-6-7-8-9-10-2;;;/h3H,1,4-10H2,2H3;2*1H;/q;;;+2/p-2. The molecule has 0 spiro atoms. The van der Waals surface area contributed by atoms with Gasteiger partial charge in [-0.25, -0.2) is 0 Å². The van der Waals surface area contributed by atoms with E-state index in [9.17, 15) is 0 Å². The Hall–Kier alpha value is 1.42. The van der Waals surface area contributed by atoms with Crippen LogP contribution in [-0.2, 0) is 26.2 Å². The minimum absolute atomic E-state index is 0. The summed E-state index contributed by atoms with van der Waals surface area (Å²) in [6.07, 6.45) is 8.95. The van der Waals surface area contributed by atoms with Gasteiger partial charge < -0.3 is 24.8 Å². The Balaban J connectivity index is -0.000000135. The van der Waals surface area contributed by atoms with Gasteiger partial charge in [0, 0.05) is 9.52 Å². The van der Waals surface area contributed by atoms with Crippen LogP contribution in [0.2, 0.25) is 12.6 Å². The van der Waals surface area contributed by atoms with Crippen molar-refractivity contribution in [3.63, 3.8) is 0 Å². The molecule has 0 rings (SSSR count). The monoisotopic (exact) mass is 316 g/mol. The molecular formula is C9H20Cl2SiZr. The van der Waals surface area contributed by atoms with Gasteiger partial charge in [-0.05, 0) is 12.8 Å². The number of hydrogen-bond acceptors (Lipinski definition) is 0. The second-order valence-corrected chi connectivity index (χ2v) is 4.55. The molecule has 78 valence electrons. The van der Waals surface area contributed by atoms with E-state index in [4.69, 9.17) is 0 Å². The number of unbranched alkanes of at least 4 members (excludes halogenated alkanes) is 4. The Morgan fingerprint density at radius 3 is 2.08 bits per heavy atom. The molecule has 0 aliphatic heterocycles. The van der Waals surface area contributed by atoms with E-state index in [0.29, 0.717) is 9.52 Å². The molecule has 0 aromatic carbocycles. The van der Waals surface area contributed by atoms with E-state index in [1.54, 1.807) is 6.04 Å². The van der Waals surface area contributed by atoms with Crippen molar-refractivity contribution in [1.82, 2.24) is 0 Å². The third kappa shape index (κ3) is 24.7. The molecule has 0 amide bonds. The average Bonchev–Trinajstić information content (AvgIpc) is 1.97. The van der Waals surface area contributed by atoms with Crippen molar-refractivity contribution in [3.8, 4) is 0 Å². The first-order valence-corrected chi connectivity index (χ1v) is 6.94. The van der Waals surface area contributed by atoms with E-state index >= 15 is 0 Å². The predicted molar refractivity (Wildman–Crippen MR) is 52.5 cm³/mol. The molecule has 0 bridgehead atoms. The van der Waals surface area contributed by atoms with Crippen LogP contribution in [0.4, 0.5) is 0 Å². The zero-order valence-electron chi connectivity index (χ0n) is 8.49. The molecule has 0 aromatic rings. The van der Waals surface area contributed by atoms with Gasteiger partial charge in [0.2, 0.25) is 0 Å². The SMILES string of the molecule is C=CCCCCCC[SiH2]C.[Cl-].[Cl-].[Zr+2]. The van der Waals surface area contributed by atoms with Gasteiger partial charge in [-0.15, -0.1) is 6.58 Å². The van der Waals surface area contributed by atoms with Gasteiger partial charge in [-0.1, -0.05) is 37.9 Å². The van der Waals surface area contributed by atoms with Crippen LogP contribution in [0.15, 0.2) is 12.7 Å². The number of allylic oxidation sites excluding steroid dienone is 1. The summed E-state index contributed by atoms with van der Waals surface area (Å²) >= 11 is 0. The van der Waals surface area contributed by atoms with Crippen molar-refractivity contribution in [1.29, 1.82) is 0 Å². The molecule has 0 aliphatic carbocycles. The van der Waals surface area contributed by atoms with Crippen molar-refractivity contribution in [3.05, 3.63) is 12.7 Å². The van der Waals surface area contributed by atoms with Crippen LogP contribution >= 0.6 is 0 Å². The maximum absolute atomic E-state index is 3.70. The predicted octanol–water partition coefficient (Wildman–Crippen LogP) is -3.24. The summed E-state index contributed by atoms with van der Waals surface area (Å²) in [6.45, 7) is 6.09. The molecule has 0 nitrogen and oxygen atoms in total. The van der Waals surface area contributed by atoms with E-state index in [0.717, 1.165) is 0 Å². The van der Waals surface area contributed by atoms with Gasteiger partial charge in [-0.3, -0.25) is 0 Å². The Morgan fingerprint density at radius 2 is 1.62 bits per heavy atom. The maximum atomic E-state index is 3.70. The molecule has 0 saturated heterocycles. The van der Waals surface area contributed by atoms with E-state index in [2.05, 4.69) is 13.1 Å². The van der Waals surface area contributed by atoms with E-state index < -0.39 is 0 Å². The van der Waals surface area contributed by atoms with Gasteiger partial charge in [-0.2, -0.15) is 0 Å². The first kappa shape index (κ1) is 23.9. The first-order valence-electron chi connectivity index (χ1n) is 4.52. The van der Waals surface area contributed by atoms with Gasteiger partial charge in [0.15, 0.2) is 0 Å². The van der Waals surface area contributed by atoms with Crippen LogP contribution in [-0.4, -0.2) is 9.52 Å². The summed E-state index contributed by atoms with van der Waals surface area (Å²) in [4.78, 5) is 0. The van der Waals surface area contributed by atoms with Gasteiger partial charge >= 0.3 is 26.2 Å². The maximum Gasteiger partial charge on any atom is 2.00 e. The van der Waals surface area contributed by atoms with Crippen molar-refractivity contribution in [2.24, 2.45) is 0 Å². The average molecular weight is 318 g/mol. The summed E-state index contributed by atoms with van der Waals surface area (Å²) in [7, 11) is 0.354. The van der Waals surface area contributed by atoms with Crippen molar-refractivity contribution in [2.45, 2.75) is 44.7 Å². The fourth-order valence-electron chi connectivity index (χ4n) is 1.07. The zero-order valence-corrected chi connectivity index (χ0v) is 13.9. The molecule has 0 aromatic heterocycles. The fraction of sp³-hybridized carbons (Fsp3) is 0.778. The van der Waals surface area contributed by atoms with Crippen LogP contribution in [0.5, 0.6) is 0 Å². The van der Waals surface area contributed by atoms with Gasteiger partial charge in [0.1, 0.15) is 0 Å². The van der Waals surface area contributed by atoms with Crippen molar-refractivity contribution >= 4 is 9.52 Å². The van der Waals surface area contributed by atoms with Crippen LogP contribution < -0.4 is 24.8 Å². The number of hydrogen-bond donors (Lipinski definition) is 0. The quantitative estimate of drug-likeness (QED) is 0.263. The molecule has 0 heterocycles. The molecule has 0 aliphatic rings. The minimum atomic E-state index is 0. The Labute approximate surface area is 117 Å². The smallest absolute Gasteiger partial charge is 1.00 e. The van der Waals surface area contributed by atoms with Crippen LogP contribution in [0.25, 0.3) is 0 Å². The fourth-order valence-corrected chi connectivity index (χ4v) is 1.92. The Bertz CT molecular complexity index is 82.0. The second kappa shape index (κ2) is 23.3. The molecule has 13 heavy (non-hydrogen) atoms. The molecule has 0 atom stereocenters. The zero-order chi connectivity index (χ0) is 7.66. The molecule has 0 fully saturated rings. The molecule has 0 radical (unpaired) electrons. The molecule has 0 saturated carbocycles. The topological polar surface area (TPSA) is 0 Å². The molecule has 4 heteroatoms. The summed E-state index contributed by atoms with van der Waals surface area (Å²) in [5, 5.41) is 0. The third-order valence-corrected chi connectivity index (χ3v) is 2.97. The number of rotatable bonds is 7. The van der Waals surface area contributed by atoms with Crippen molar-refractivity contribution < 1.29 is 51.0 Å². The minimum Gasteiger partial charge on any atom is -1.00 e. The first-order chi connectivity index (χ1) is 4.91. The Kier molecular flexibility index (Phi) is 42.9. The number of halogens is 2. The molecular weight excluding hydrogens is 298 g/mol. The van der Waals surface area contributed by atoms with Crippen LogP contribution in [0, 0.1) is 0 Å².